The van der Waals surface area contributed by atoms with Gasteiger partial charge in [0.15, 0.2) is 0 Å². The number of anilines is 2. The van der Waals surface area contributed by atoms with Crippen LogP contribution in [0.15, 0.2) is 23.2 Å². The molecule has 2 aromatic rings. The van der Waals surface area contributed by atoms with E-state index in [0.29, 0.717) is 12.1 Å². The van der Waals surface area contributed by atoms with Crippen LogP contribution < -0.4 is 9.80 Å². The van der Waals surface area contributed by atoms with Crippen LogP contribution in [-0.4, -0.2) is 64.4 Å². The first kappa shape index (κ1) is 16.3. The van der Waals surface area contributed by atoms with Gasteiger partial charge in [-0.15, -0.1) is 0 Å². The van der Waals surface area contributed by atoms with Crippen LogP contribution in [0.25, 0.3) is 0 Å². The highest BCUT2D eigenvalue weighted by atomic mass is 16.6. The third kappa shape index (κ3) is 3.73. The number of rotatable bonds is 6. The molecule has 2 aromatic heterocycles. The molecular formula is C17H25N7O. The Bertz CT molecular complexity index is 678. The lowest BCUT2D eigenvalue weighted by Crippen LogP contribution is -2.46. The molecule has 0 aromatic carbocycles. The number of likely N-dealkylation sites (tertiary alicyclic amines) is 1. The highest BCUT2D eigenvalue weighted by Crippen LogP contribution is 2.36. The molecule has 1 saturated heterocycles. The summed E-state index contributed by atoms with van der Waals surface area (Å²) in [6, 6.07) is 3.30. The molecule has 8 nitrogen and oxygen atoms in total. The molecule has 25 heavy (non-hydrogen) atoms. The molecule has 134 valence electrons. The summed E-state index contributed by atoms with van der Waals surface area (Å²) in [6.07, 6.45) is 8.21. The second-order valence-corrected chi connectivity index (χ2v) is 7.17. The molecule has 1 aliphatic heterocycles. The molecule has 1 aliphatic carbocycles. The second kappa shape index (κ2) is 6.95. The molecule has 4 rings (SSSR count). The first-order chi connectivity index (χ1) is 12.2. The van der Waals surface area contributed by atoms with Gasteiger partial charge in [0.1, 0.15) is 23.7 Å². The van der Waals surface area contributed by atoms with Crippen molar-refractivity contribution in [1.82, 2.24) is 25.2 Å². The van der Waals surface area contributed by atoms with E-state index in [1.165, 1.54) is 12.8 Å². The SMILES string of the molecule is CN(C)c1cc(N(C2CC2)C2CCN(Cc3cnon3)CC2)ncn1. The molecular weight excluding hydrogens is 318 g/mol. The van der Waals surface area contributed by atoms with Gasteiger partial charge < -0.3 is 9.80 Å². The standard InChI is InChI=1S/C17H25N7O/c1-22(2)16-9-17(19-12-18-16)24(14-3-4-14)15-5-7-23(8-6-15)11-13-10-20-25-21-13/h9-10,12,14-15H,3-8,11H2,1-2H3. The van der Waals surface area contributed by atoms with Gasteiger partial charge in [-0.05, 0) is 25.7 Å². The Morgan fingerprint density at radius 3 is 2.44 bits per heavy atom. The number of nitrogens with zero attached hydrogens (tertiary/aromatic N) is 7. The Hall–Kier alpha value is -2.22. The van der Waals surface area contributed by atoms with Gasteiger partial charge in [-0.1, -0.05) is 10.3 Å². The zero-order chi connectivity index (χ0) is 17.2. The fourth-order valence-corrected chi connectivity index (χ4v) is 3.59. The molecule has 0 N–H and O–H groups in total. The van der Waals surface area contributed by atoms with Crippen LogP contribution in [0.1, 0.15) is 31.4 Å². The van der Waals surface area contributed by atoms with Crippen molar-refractivity contribution in [3.63, 3.8) is 0 Å². The van der Waals surface area contributed by atoms with E-state index < -0.39 is 0 Å². The fourth-order valence-electron chi connectivity index (χ4n) is 3.59. The summed E-state index contributed by atoms with van der Waals surface area (Å²) in [4.78, 5) is 15.9. The van der Waals surface area contributed by atoms with Crippen LogP contribution >= 0.6 is 0 Å². The predicted octanol–water partition coefficient (Wildman–Crippen LogP) is 1.56. The average molecular weight is 343 g/mol. The lowest BCUT2D eigenvalue weighted by molar-refractivity contribution is 0.194. The molecule has 0 radical (unpaired) electrons. The largest absolute Gasteiger partial charge is 0.363 e. The third-order valence-corrected chi connectivity index (χ3v) is 5.04. The minimum absolute atomic E-state index is 0.545. The first-order valence-electron chi connectivity index (χ1n) is 8.97. The summed E-state index contributed by atoms with van der Waals surface area (Å²) < 4.78 is 4.69. The number of hydrogen-bond donors (Lipinski definition) is 0. The summed E-state index contributed by atoms with van der Waals surface area (Å²) in [7, 11) is 4.04. The molecule has 1 saturated carbocycles. The second-order valence-electron chi connectivity index (χ2n) is 7.17. The van der Waals surface area contributed by atoms with Crippen molar-refractivity contribution >= 4 is 11.6 Å². The molecule has 8 heteroatoms. The van der Waals surface area contributed by atoms with E-state index in [1.54, 1.807) is 12.5 Å². The average Bonchev–Trinajstić information content (AvgIpc) is 3.32. The third-order valence-electron chi connectivity index (χ3n) is 5.04. The van der Waals surface area contributed by atoms with Crippen LogP contribution in [0, 0.1) is 0 Å². The van der Waals surface area contributed by atoms with E-state index in [0.717, 1.165) is 49.8 Å². The fraction of sp³-hybridized carbons (Fsp3) is 0.647. The first-order valence-corrected chi connectivity index (χ1v) is 8.97. The Morgan fingerprint density at radius 2 is 1.80 bits per heavy atom. The topological polar surface area (TPSA) is 74.4 Å². The molecule has 0 bridgehead atoms. The monoisotopic (exact) mass is 343 g/mol. The van der Waals surface area contributed by atoms with E-state index in [1.807, 2.05) is 19.0 Å². The number of piperidine rings is 1. The van der Waals surface area contributed by atoms with Crippen molar-refractivity contribution in [2.24, 2.45) is 0 Å². The quantitative estimate of drug-likeness (QED) is 0.782. The normalized spacial score (nSPS) is 19.1. The Kier molecular flexibility index (Phi) is 4.52. The van der Waals surface area contributed by atoms with Crippen LogP contribution in [0.4, 0.5) is 11.6 Å². The van der Waals surface area contributed by atoms with Gasteiger partial charge in [-0.2, -0.15) is 0 Å². The molecule has 2 aliphatic rings. The van der Waals surface area contributed by atoms with Crippen LogP contribution in [0.2, 0.25) is 0 Å². The summed E-state index contributed by atoms with van der Waals surface area (Å²) >= 11 is 0. The lowest BCUT2D eigenvalue weighted by atomic mass is 10.0. The van der Waals surface area contributed by atoms with Crippen molar-refractivity contribution in [2.45, 2.75) is 44.3 Å². The van der Waals surface area contributed by atoms with Crippen molar-refractivity contribution in [2.75, 3.05) is 37.0 Å². The predicted molar refractivity (Wildman–Crippen MR) is 94.5 cm³/mol. The van der Waals surface area contributed by atoms with Crippen LogP contribution in [-0.2, 0) is 6.54 Å². The van der Waals surface area contributed by atoms with Gasteiger partial charge in [-0.25, -0.2) is 14.6 Å². The van der Waals surface area contributed by atoms with E-state index >= 15 is 0 Å². The molecule has 2 fully saturated rings. The Labute approximate surface area is 147 Å². The molecule has 3 heterocycles. The van der Waals surface area contributed by atoms with E-state index in [4.69, 9.17) is 4.63 Å². The van der Waals surface area contributed by atoms with Crippen molar-refractivity contribution in [1.29, 1.82) is 0 Å². The highest BCUT2D eigenvalue weighted by molar-refractivity contribution is 5.51. The van der Waals surface area contributed by atoms with Gasteiger partial charge in [0, 0.05) is 51.9 Å². The summed E-state index contributed by atoms with van der Waals surface area (Å²) in [6.45, 7) is 2.94. The zero-order valence-corrected chi connectivity index (χ0v) is 14.9. The Morgan fingerprint density at radius 1 is 1.08 bits per heavy atom. The number of aromatic nitrogens is 4. The Balaban J connectivity index is 1.43. The maximum absolute atomic E-state index is 4.69. The summed E-state index contributed by atoms with van der Waals surface area (Å²) in [5, 5.41) is 7.60. The summed E-state index contributed by atoms with van der Waals surface area (Å²) in [5.74, 6) is 2.03. The van der Waals surface area contributed by atoms with Gasteiger partial charge in [0.25, 0.3) is 0 Å². The van der Waals surface area contributed by atoms with Gasteiger partial charge in [0.05, 0.1) is 6.20 Å². The highest BCUT2D eigenvalue weighted by Gasteiger charge is 2.36. The van der Waals surface area contributed by atoms with Gasteiger partial charge >= 0.3 is 0 Å². The van der Waals surface area contributed by atoms with E-state index in [-0.39, 0.29) is 0 Å². The van der Waals surface area contributed by atoms with Crippen molar-refractivity contribution in [3.8, 4) is 0 Å². The van der Waals surface area contributed by atoms with E-state index in [9.17, 15) is 0 Å². The molecule has 0 amide bonds. The van der Waals surface area contributed by atoms with Crippen LogP contribution in [0.3, 0.4) is 0 Å². The molecule has 0 spiro atoms. The minimum atomic E-state index is 0.545. The van der Waals surface area contributed by atoms with Gasteiger partial charge in [-0.3, -0.25) is 4.90 Å². The molecule has 0 atom stereocenters. The smallest absolute Gasteiger partial charge is 0.134 e. The van der Waals surface area contributed by atoms with E-state index in [2.05, 4.69) is 36.1 Å². The molecule has 0 unspecified atom stereocenters. The lowest BCUT2D eigenvalue weighted by Gasteiger charge is -2.39. The maximum atomic E-state index is 4.69. The number of hydrogen-bond acceptors (Lipinski definition) is 8. The van der Waals surface area contributed by atoms with Crippen molar-refractivity contribution in [3.05, 3.63) is 24.3 Å². The minimum Gasteiger partial charge on any atom is -0.363 e. The zero-order valence-electron chi connectivity index (χ0n) is 14.9. The maximum Gasteiger partial charge on any atom is 0.134 e. The van der Waals surface area contributed by atoms with Gasteiger partial charge in [0.2, 0.25) is 0 Å². The van der Waals surface area contributed by atoms with Crippen LogP contribution in [0.5, 0.6) is 0 Å². The van der Waals surface area contributed by atoms with Crippen molar-refractivity contribution < 1.29 is 4.63 Å². The summed E-state index contributed by atoms with van der Waals surface area (Å²) in [5.41, 5.74) is 0.906.